The molecule has 2 N–H and O–H groups in total. The Labute approximate surface area is 100 Å². The van der Waals surface area contributed by atoms with Gasteiger partial charge in [-0.15, -0.1) is 0 Å². The van der Waals surface area contributed by atoms with Crippen molar-refractivity contribution in [2.24, 2.45) is 0 Å². The third kappa shape index (κ3) is 1.38. The van der Waals surface area contributed by atoms with E-state index in [-0.39, 0.29) is 0 Å². The van der Waals surface area contributed by atoms with Crippen LogP contribution in [0.25, 0.3) is 21.9 Å². The average molecular weight is 309 g/mol. The molecule has 0 saturated heterocycles. The quantitative estimate of drug-likeness (QED) is 0.507. The summed E-state index contributed by atoms with van der Waals surface area (Å²) in [7, 11) is 0. The van der Waals surface area contributed by atoms with Crippen LogP contribution in [0.2, 0.25) is 0 Å². The number of fused-ring (bicyclic) bond motifs is 3. The summed E-state index contributed by atoms with van der Waals surface area (Å²) in [5, 5.41) is 2.22. The van der Waals surface area contributed by atoms with Crippen LogP contribution < -0.4 is 5.73 Å². The molecule has 3 rings (SSSR count). The lowest BCUT2D eigenvalue weighted by molar-refractivity contribution is 0.669. The van der Waals surface area contributed by atoms with Crippen molar-refractivity contribution in [3.63, 3.8) is 0 Å². The summed E-state index contributed by atoms with van der Waals surface area (Å²) in [4.78, 5) is 0. The van der Waals surface area contributed by atoms with Crippen LogP contribution in [0.4, 0.5) is 5.69 Å². The monoisotopic (exact) mass is 309 g/mol. The van der Waals surface area contributed by atoms with E-state index in [4.69, 9.17) is 10.2 Å². The van der Waals surface area contributed by atoms with Gasteiger partial charge in [-0.05, 0) is 59.0 Å². The second-order valence-electron chi connectivity index (χ2n) is 3.50. The number of anilines is 1. The summed E-state index contributed by atoms with van der Waals surface area (Å²) in [6.07, 6.45) is 0. The zero-order chi connectivity index (χ0) is 10.4. The first kappa shape index (κ1) is 9.03. The van der Waals surface area contributed by atoms with Crippen LogP contribution in [-0.4, -0.2) is 0 Å². The second-order valence-corrected chi connectivity index (χ2v) is 4.74. The van der Waals surface area contributed by atoms with Gasteiger partial charge >= 0.3 is 0 Å². The average Bonchev–Trinajstić information content (AvgIpc) is 2.56. The first-order valence-corrected chi connectivity index (χ1v) is 5.69. The number of rotatable bonds is 0. The Morgan fingerprint density at radius 1 is 0.933 bits per heavy atom. The lowest BCUT2D eigenvalue weighted by atomic mass is 10.1. The molecule has 0 unspecified atom stereocenters. The molecule has 15 heavy (non-hydrogen) atoms. The summed E-state index contributed by atoms with van der Waals surface area (Å²) in [5.41, 5.74) is 8.34. The normalized spacial score (nSPS) is 11.3. The van der Waals surface area contributed by atoms with Crippen molar-refractivity contribution in [1.29, 1.82) is 0 Å². The molecule has 2 nitrogen and oxygen atoms in total. The van der Waals surface area contributed by atoms with Crippen molar-refractivity contribution in [2.75, 3.05) is 5.73 Å². The standard InChI is InChI=1S/C12H8INO/c13-7-1-3-11-9(5-7)10-6-8(14)2-4-12(10)15-11/h1-6H,14H2. The van der Waals surface area contributed by atoms with E-state index in [1.165, 1.54) is 3.57 Å². The molecule has 3 aromatic rings. The Balaban J connectivity index is 2.55. The Morgan fingerprint density at radius 2 is 1.60 bits per heavy atom. The number of nitrogens with two attached hydrogens (primary N) is 1. The molecule has 0 fully saturated rings. The molecule has 0 saturated carbocycles. The van der Waals surface area contributed by atoms with Gasteiger partial charge in [-0.3, -0.25) is 0 Å². The highest BCUT2D eigenvalue weighted by molar-refractivity contribution is 14.1. The fourth-order valence-electron chi connectivity index (χ4n) is 1.77. The van der Waals surface area contributed by atoms with Crippen molar-refractivity contribution in [3.05, 3.63) is 40.0 Å². The topological polar surface area (TPSA) is 39.2 Å². The van der Waals surface area contributed by atoms with E-state index in [0.29, 0.717) is 0 Å². The number of hydrogen-bond acceptors (Lipinski definition) is 2. The molecule has 0 aliphatic rings. The number of furan rings is 1. The van der Waals surface area contributed by atoms with E-state index in [1.807, 2.05) is 30.3 Å². The number of nitrogen functional groups attached to an aromatic ring is 1. The highest BCUT2D eigenvalue weighted by atomic mass is 127. The molecule has 3 heteroatoms. The molecule has 0 amide bonds. The van der Waals surface area contributed by atoms with Gasteiger partial charge in [-0.2, -0.15) is 0 Å². The maximum absolute atomic E-state index is 5.77. The number of halogens is 1. The molecule has 1 heterocycles. The van der Waals surface area contributed by atoms with Crippen molar-refractivity contribution in [1.82, 2.24) is 0 Å². The van der Waals surface area contributed by atoms with Crippen molar-refractivity contribution in [2.45, 2.75) is 0 Å². The van der Waals surface area contributed by atoms with Gasteiger partial charge in [0.1, 0.15) is 11.2 Å². The molecule has 0 atom stereocenters. The highest BCUT2D eigenvalue weighted by Gasteiger charge is 2.06. The van der Waals surface area contributed by atoms with Gasteiger partial charge < -0.3 is 10.2 Å². The van der Waals surface area contributed by atoms with Crippen molar-refractivity contribution < 1.29 is 4.42 Å². The smallest absolute Gasteiger partial charge is 0.135 e. The lowest BCUT2D eigenvalue weighted by Gasteiger charge is -1.92. The minimum absolute atomic E-state index is 0.768. The van der Waals surface area contributed by atoms with Crippen LogP contribution in [0.15, 0.2) is 40.8 Å². The van der Waals surface area contributed by atoms with E-state index >= 15 is 0 Å². The maximum Gasteiger partial charge on any atom is 0.135 e. The summed E-state index contributed by atoms with van der Waals surface area (Å²) < 4.78 is 6.90. The Kier molecular flexibility index (Phi) is 1.88. The highest BCUT2D eigenvalue weighted by Crippen LogP contribution is 2.30. The fraction of sp³-hybridized carbons (Fsp3) is 0. The Morgan fingerprint density at radius 3 is 2.40 bits per heavy atom. The van der Waals surface area contributed by atoms with Gasteiger partial charge in [-0.1, -0.05) is 0 Å². The van der Waals surface area contributed by atoms with Gasteiger partial charge in [0.15, 0.2) is 0 Å². The van der Waals surface area contributed by atoms with Crippen molar-refractivity contribution >= 4 is 50.2 Å². The summed E-state index contributed by atoms with van der Waals surface area (Å²) in [6, 6.07) is 11.9. The lowest BCUT2D eigenvalue weighted by Crippen LogP contribution is -1.81. The molecule has 0 aliphatic heterocycles. The van der Waals surface area contributed by atoms with E-state index in [9.17, 15) is 0 Å². The van der Waals surface area contributed by atoms with Gasteiger partial charge in [-0.25, -0.2) is 0 Å². The SMILES string of the molecule is Nc1ccc2oc3ccc(I)cc3c2c1. The van der Waals surface area contributed by atoms with Crippen LogP contribution in [0.5, 0.6) is 0 Å². The summed E-state index contributed by atoms with van der Waals surface area (Å²) in [6.45, 7) is 0. The molecular formula is C12H8INO. The first-order valence-electron chi connectivity index (χ1n) is 4.61. The van der Waals surface area contributed by atoms with Gasteiger partial charge in [0, 0.05) is 20.0 Å². The third-order valence-electron chi connectivity index (χ3n) is 2.46. The minimum Gasteiger partial charge on any atom is -0.456 e. The predicted molar refractivity (Wildman–Crippen MR) is 70.8 cm³/mol. The van der Waals surface area contributed by atoms with Gasteiger partial charge in [0.25, 0.3) is 0 Å². The third-order valence-corrected chi connectivity index (χ3v) is 3.13. The van der Waals surface area contributed by atoms with E-state index in [1.54, 1.807) is 0 Å². The van der Waals surface area contributed by atoms with Crippen LogP contribution in [0.1, 0.15) is 0 Å². The predicted octanol–water partition coefficient (Wildman–Crippen LogP) is 3.77. The summed E-state index contributed by atoms with van der Waals surface area (Å²) >= 11 is 2.29. The van der Waals surface area contributed by atoms with Crippen LogP contribution >= 0.6 is 22.6 Å². The fourth-order valence-corrected chi connectivity index (χ4v) is 2.26. The van der Waals surface area contributed by atoms with Gasteiger partial charge in [0.2, 0.25) is 0 Å². The Hall–Kier alpha value is -1.23. The molecule has 0 radical (unpaired) electrons. The molecular weight excluding hydrogens is 301 g/mol. The molecule has 0 aliphatic carbocycles. The molecule has 1 aromatic heterocycles. The number of hydrogen-bond donors (Lipinski definition) is 1. The first-order chi connectivity index (χ1) is 7.24. The molecule has 2 aromatic carbocycles. The second kappa shape index (κ2) is 3.13. The Bertz CT molecular complexity index is 601. The molecule has 0 bridgehead atoms. The van der Waals surface area contributed by atoms with Crippen molar-refractivity contribution in [3.8, 4) is 0 Å². The van der Waals surface area contributed by atoms with Gasteiger partial charge in [0.05, 0.1) is 0 Å². The van der Waals surface area contributed by atoms with E-state index < -0.39 is 0 Å². The molecule has 0 spiro atoms. The summed E-state index contributed by atoms with van der Waals surface area (Å²) in [5.74, 6) is 0. The number of benzene rings is 2. The zero-order valence-corrected chi connectivity index (χ0v) is 9.99. The van der Waals surface area contributed by atoms with Crippen LogP contribution in [-0.2, 0) is 0 Å². The zero-order valence-electron chi connectivity index (χ0n) is 7.83. The van der Waals surface area contributed by atoms with E-state index in [2.05, 4.69) is 28.7 Å². The van der Waals surface area contributed by atoms with Crippen LogP contribution in [0.3, 0.4) is 0 Å². The maximum atomic E-state index is 5.77. The minimum atomic E-state index is 0.768. The largest absolute Gasteiger partial charge is 0.456 e. The van der Waals surface area contributed by atoms with E-state index in [0.717, 1.165) is 27.6 Å². The molecule has 74 valence electrons. The van der Waals surface area contributed by atoms with Crippen LogP contribution in [0, 0.1) is 3.57 Å².